The summed E-state index contributed by atoms with van der Waals surface area (Å²) >= 11 is 0. The van der Waals surface area contributed by atoms with Crippen molar-refractivity contribution in [3.05, 3.63) is 29.8 Å². The van der Waals surface area contributed by atoms with E-state index in [0.717, 1.165) is 5.56 Å². The minimum absolute atomic E-state index is 0.0583. The molecule has 0 amide bonds. The molecule has 0 spiro atoms. The maximum atomic E-state index is 10.6. The van der Waals surface area contributed by atoms with Crippen LogP contribution >= 0.6 is 0 Å². The van der Waals surface area contributed by atoms with Gasteiger partial charge in [0.2, 0.25) is 0 Å². The number of aliphatic hydroxyl groups is 1. The number of anilines is 1. The number of carbonyl (C=O) groups is 1. The fourth-order valence-corrected chi connectivity index (χ4v) is 1.24. The number of hydrogen-bond donors (Lipinski definition) is 2. The Morgan fingerprint density at radius 1 is 1.47 bits per heavy atom. The highest BCUT2D eigenvalue weighted by Gasteiger charge is 2.11. The smallest absolute Gasteiger partial charge is 0.302 e. The van der Waals surface area contributed by atoms with E-state index in [1.807, 2.05) is 12.1 Å². The Bertz CT molecular complexity index is 321. The summed E-state index contributed by atoms with van der Waals surface area (Å²) in [4.78, 5) is 10.6. The molecule has 1 atom stereocenters. The number of benzene rings is 1. The molecule has 4 heteroatoms. The van der Waals surface area contributed by atoms with Gasteiger partial charge in [-0.1, -0.05) is 12.1 Å². The Kier molecular flexibility index (Phi) is 4.12. The van der Waals surface area contributed by atoms with Gasteiger partial charge < -0.3 is 15.6 Å². The molecule has 0 bridgehead atoms. The molecule has 0 aliphatic carbocycles. The van der Waals surface area contributed by atoms with Gasteiger partial charge in [0.05, 0.1) is 6.61 Å². The Morgan fingerprint density at radius 2 is 2.07 bits per heavy atom. The molecule has 0 aliphatic rings. The van der Waals surface area contributed by atoms with Gasteiger partial charge in [-0.25, -0.2) is 0 Å². The number of carbonyl (C=O) groups excluding carboxylic acids is 1. The predicted octanol–water partition coefficient (Wildman–Crippen LogP) is 0.908. The monoisotopic (exact) mass is 209 g/mol. The average molecular weight is 209 g/mol. The van der Waals surface area contributed by atoms with E-state index in [1.165, 1.54) is 6.92 Å². The van der Waals surface area contributed by atoms with E-state index in [4.69, 9.17) is 15.6 Å². The Hall–Kier alpha value is -1.55. The van der Waals surface area contributed by atoms with Crippen molar-refractivity contribution in [1.29, 1.82) is 0 Å². The first-order valence-corrected chi connectivity index (χ1v) is 4.73. The first kappa shape index (κ1) is 11.5. The topological polar surface area (TPSA) is 72.5 Å². The highest BCUT2D eigenvalue weighted by Crippen LogP contribution is 2.17. The Balaban J connectivity index is 2.65. The van der Waals surface area contributed by atoms with Crippen LogP contribution in [-0.2, 0) is 9.53 Å². The highest BCUT2D eigenvalue weighted by atomic mass is 16.5. The van der Waals surface area contributed by atoms with Gasteiger partial charge in [0.25, 0.3) is 0 Å². The SMILES string of the molecule is CC(=O)OCC(CO)c1ccc(N)cc1. The molecule has 82 valence electrons. The molecule has 0 saturated heterocycles. The van der Waals surface area contributed by atoms with Crippen molar-refractivity contribution in [1.82, 2.24) is 0 Å². The molecule has 3 N–H and O–H groups in total. The van der Waals surface area contributed by atoms with E-state index in [-0.39, 0.29) is 25.1 Å². The van der Waals surface area contributed by atoms with Gasteiger partial charge in [-0.05, 0) is 17.7 Å². The molecular formula is C11H15NO3. The van der Waals surface area contributed by atoms with Crippen molar-refractivity contribution in [3.8, 4) is 0 Å². The van der Waals surface area contributed by atoms with Crippen molar-refractivity contribution >= 4 is 11.7 Å². The third-order valence-corrected chi connectivity index (χ3v) is 2.12. The zero-order valence-corrected chi connectivity index (χ0v) is 8.64. The van der Waals surface area contributed by atoms with Crippen molar-refractivity contribution in [3.63, 3.8) is 0 Å². The molecule has 0 saturated carbocycles. The minimum Gasteiger partial charge on any atom is -0.465 e. The maximum absolute atomic E-state index is 10.6. The largest absolute Gasteiger partial charge is 0.465 e. The van der Waals surface area contributed by atoms with Crippen LogP contribution in [0.3, 0.4) is 0 Å². The van der Waals surface area contributed by atoms with Crippen LogP contribution < -0.4 is 5.73 Å². The van der Waals surface area contributed by atoms with Gasteiger partial charge in [-0.3, -0.25) is 4.79 Å². The fourth-order valence-electron chi connectivity index (χ4n) is 1.24. The van der Waals surface area contributed by atoms with E-state index in [2.05, 4.69) is 0 Å². The molecule has 4 nitrogen and oxygen atoms in total. The number of nitrogen functional groups attached to an aromatic ring is 1. The van der Waals surface area contributed by atoms with Gasteiger partial charge in [0.1, 0.15) is 6.61 Å². The van der Waals surface area contributed by atoms with Gasteiger partial charge in [0, 0.05) is 18.5 Å². The second-order valence-corrected chi connectivity index (χ2v) is 3.35. The molecule has 0 radical (unpaired) electrons. The quantitative estimate of drug-likeness (QED) is 0.571. The molecule has 0 fully saturated rings. The van der Waals surface area contributed by atoms with Crippen LogP contribution in [0, 0.1) is 0 Å². The molecular weight excluding hydrogens is 194 g/mol. The fraction of sp³-hybridized carbons (Fsp3) is 0.364. The van der Waals surface area contributed by atoms with Gasteiger partial charge in [-0.15, -0.1) is 0 Å². The van der Waals surface area contributed by atoms with Crippen LogP contribution in [0.15, 0.2) is 24.3 Å². The molecule has 0 aromatic heterocycles. The maximum Gasteiger partial charge on any atom is 0.302 e. The zero-order chi connectivity index (χ0) is 11.3. The molecule has 1 aromatic rings. The first-order chi connectivity index (χ1) is 7.13. The van der Waals surface area contributed by atoms with E-state index in [1.54, 1.807) is 12.1 Å². The van der Waals surface area contributed by atoms with Crippen LogP contribution in [0.2, 0.25) is 0 Å². The van der Waals surface area contributed by atoms with Crippen molar-refractivity contribution in [2.45, 2.75) is 12.8 Å². The molecule has 0 heterocycles. The number of rotatable bonds is 4. The van der Waals surface area contributed by atoms with Crippen LogP contribution in [0.4, 0.5) is 5.69 Å². The lowest BCUT2D eigenvalue weighted by atomic mass is 10.0. The lowest BCUT2D eigenvalue weighted by Crippen LogP contribution is -2.14. The van der Waals surface area contributed by atoms with Gasteiger partial charge in [0.15, 0.2) is 0 Å². The van der Waals surface area contributed by atoms with Crippen molar-refractivity contribution in [2.24, 2.45) is 0 Å². The second-order valence-electron chi connectivity index (χ2n) is 3.35. The lowest BCUT2D eigenvalue weighted by molar-refractivity contribution is -0.141. The molecule has 0 aliphatic heterocycles. The third-order valence-electron chi connectivity index (χ3n) is 2.12. The minimum atomic E-state index is -0.344. The van der Waals surface area contributed by atoms with Crippen LogP contribution in [0.1, 0.15) is 18.4 Å². The standard InChI is InChI=1S/C11H15NO3/c1-8(14)15-7-10(6-13)9-2-4-11(12)5-3-9/h2-5,10,13H,6-7,12H2,1H3. The van der Waals surface area contributed by atoms with Crippen molar-refractivity contribution < 1.29 is 14.6 Å². The lowest BCUT2D eigenvalue weighted by Gasteiger charge is -2.14. The summed E-state index contributed by atoms with van der Waals surface area (Å²) in [6.07, 6.45) is 0. The molecule has 1 unspecified atom stereocenters. The van der Waals surface area contributed by atoms with Gasteiger partial charge in [-0.2, -0.15) is 0 Å². The Morgan fingerprint density at radius 3 is 2.53 bits per heavy atom. The average Bonchev–Trinajstić information content (AvgIpc) is 2.21. The third kappa shape index (κ3) is 3.59. The number of esters is 1. The van der Waals surface area contributed by atoms with Crippen LogP contribution in [-0.4, -0.2) is 24.3 Å². The summed E-state index contributed by atoms with van der Waals surface area (Å²) in [7, 11) is 0. The molecule has 15 heavy (non-hydrogen) atoms. The van der Waals surface area contributed by atoms with E-state index in [9.17, 15) is 4.79 Å². The van der Waals surface area contributed by atoms with Crippen LogP contribution in [0.5, 0.6) is 0 Å². The summed E-state index contributed by atoms with van der Waals surface area (Å²) in [5.74, 6) is -0.529. The predicted molar refractivity (Wildman–Crippen MR) is 57.3 cm³/mol. The van der Waals surface area contributed by atoms with E-state index in [0.29, 0.717) is 5.69 Å². The summed E-state index contributed by atoms with van der Waals surface area (Å²) < 4.78 is 4.85. The number of nitrogens with two attached hydrogens (primary N) is 1. The number of hydrogen-bond acceptors (Lipinski definition) is 4. The molecule has 1 rings (SSSR count). The van der Waals surface area contributed by atoms with Crippen LogP contribution in [0.25, 0.3) is 0 Å². The number of aliphatic hydroxyl groups excluding tert-OH is 1. The number of ether oxygens (including phenoxy) is 1. The second kappa shape index (κ2) is 5.36. The first-order valence-electron chi connectivity index (χ1n) is 4.73. The summed E-state index contributed by atoms with van der Waals surface area (Å²) in [5.41, 5.74) is 7.12. The normalized spacial score (nSPS) is 12.1. The van der Waals surface area contributed by atoms with Gasteiger partial charge >= 0.3 is 5.97 Å². The zero-order valence-electron chi connectivity index (χ0n) is 8.64. The summed E-state index contributed by atoms with van der Waals surface area (Å²) in [6.45, 7) is 1.48. The highest BCUT2D eigenvalue weighted by molar-refractivity contribution is 5.65. The summed E-state index contributed by atoms with van der Waals surface area (Å²) in [6, 6.07) is 7.15. The van der Waals surface area contributed by atoms with E-state index >= 15 is 0 Å². The summed E-state index contributed by atoms with van der Waals surface area (Å²) in [5, 5.41) is 9.14. The van der Waals surface area contributed by atoms with Crippen molar-refractivity contribution in [2.75, 3.05) is 18.9 Å². The Labute approximate surface area is 88.7 Å². The molecule has 1 aromatic carbocycles. The van der Waals surface area contributed by atoms with E-state index < -0.39 is 0 Å².